The van der Waals surface area contributed by atoms with E-state index in [1.807, 2.05) is 13.8 Å². The number of amides is 1. The molecule has 0 saturated carbocycles. The lowest BCUT2D eigenvalue weighted by Crippen LogP contribution is -2.41. The van der Waals surface area contributed by atoms with Crippen LogP contribution >= 0.6 is 0 Å². The Morgan fingerprint density at radius 1 is 1.27 bits per heavy atom. The van der Waals surface area contributed by atoms with E-state index in [2.05, 4.69) is 20.5 Å². The molecule has 0 unspecified atom stereocenters. The quantitative estimate of drug-likeness (QED) is 0.611. The van der Waals surface area contributed by atoms with Gasteiger partial charge in [-0.1, -0.05) is 24.2 Å². The summed E-state index contributed by atoms with van der Waals surface area (Å²) in [6.07, 6.45) is 3.32. The number of carbonyl (C=O) groups excluding carboxylic acids is 1. The van der Waals surface area contributed by atoms with Crippen molar-refractivity contribution in [2.24, 2.45) is 0 Å². The van der Waals surface area contributed by atoms with Gasteiger partial charge in [0.2, 0.25) is 0 Å². The van der Waals surface area contributed by atoms with Crippen molar-refractivity contribution in [3.8, 4) is 17.3 Å². The first-order valence-electron chi connectivity index (χ1n) is 9.91. The summed E-state index contributed by atoms with van der Waals surface area (Å²) >= 11 is 0. The van der Waals surface area contributed by atoms with Crippen LogP contribution in [0.15, 0.2) is 35.0 Å². The van der Waals surface area contributed by atoms with Crippen LogP contribution in [-0.2, 0) is 4.79 Å². The van der Waals surface area contributed by atoms with Crippen molar-refractivity contribution in [2.45, 2.75) is 38.6 Å². The molecule has 1 aromatic carbocycles. The van der Waals surface area contributed by atoms with Gasteiger partial charge < -0.3 is 14.2 Å². The number of likely N-dealkylation sites (tertiary alicyclic amines) is 1. The molecular formula is C20H23FN6O3. The van der Waals surface area contributed by atoms with E-state index in [9.17, 15) is 9.18 Å². The maximum absolute atomic E-state index is 12.9. The van der Waals surface area contributed by atoms with Crippen molar-refractivity contribution >= 4 is 5.91 Å². The summed E-state index contributed by atoms with van der Waals surface area (Å²) in [7, 11) is 0. The van der Waals surface area contributed by atoms with Crippen molar-refractivity contribution in [3.05, 3.63) is 42.1 Å². The van der Waals surface area contributed by atoms with Gasteiger partial charge in [0.25, 0.3) is 11.8 Å². The largest absolute Gasteiger partial charge is 0.484 e. The van der Waals surface area contributed by atoms with E-state index >= 15 is 0 Å². The molecule has 1 aliphatic rings. The fraction of sp³-hybridized carbons (Fsp3) is 0.450. The van der Waals surface area contributed by atoms with Gasteiger partial charge in [-0.25, -0.2) is 9.07 Å². The van der Waals surface area contributed by atoms with Crippen molar-refractivity contribution < 1.29 is 18.4 Å². The first kappa shape index (κ1) is 20.0. The number of piperidine rings is 1. The topological polar surface area (TPSA) is 99.2 Å². The molecular weight excluding hydrogens is 391 g/mol. The fourth-order valence-corrected chi connectivity index (χ4v) is 3.27. The smallest absolute Gasteiger partial charge is 0.280 e. The zero-order valence-corrected chi connectivity index (χ0v) is 16.9. The molecule has 0 radical (unpaired) electrons. The van der Waals surface area contributed by atoms with E-state index < -0.39 is 0 Å². The average Bonchev–Trinajstić information content (AvgIpc) is 3.43. The summed E-state index contributed by atoms with van der Waals surface area (Å²) in [4.78, 5) is 18.5. The van der Waals surface area contributed by atoms with Crippen molar-refractivity contribution in [2.75, 3.05) is 19.7 Å². The summed E-state index contributed by atoms with van der Waals surface area (Å²) in [5.74, 6) is 1.20. The summed E-state index contributed by atoms with van der Waals surface area (Å²) in [5, 5.41) is 12.3. The van der Waals surface area contributed by atoms with Gasteiger partial charge in [-0.05, 0) is 37.1 Å². The van der Waals surface area contributed by atoms with Gasteiger partial charge in [0.05, 0.1) is 12.2 Å². The Labute approximate surface area is 172 Å². The van der Waals surface area contributed by atoms with Gasteiger partial charge in [-0.15, -0.1) is 5.10 Å². The molecule has 4 rings (SSSR count). The van der Waals surface area contributed by atoms with Crippen molar-refractivity contribution in [1.29, 1.82) is 0 Å². The van der Waals surface area contributed by atoms with Crippen molar-refractivity contribution in [1.82, 2.24) is 30.0 Å². The molecule has 158 valence electrons. The molecule has 1 aliphatic heterocycles. The third-order valence-electron chi connectivity index (χ3n) is 5.05. The van der Waals surface area contributed by atoms with Crippen LogP contribution in [0.25, 0.3) is 11.6 Å². The number of nitrogens with zero attached hydrogens (tertiary/aromatic N) is 6. The average molecular weight is 414 g/mol. The van der Waals surface area contributed by atoms with E-state index in [-0.39, 0.29) is 30.3 Å². The molecule has 0 atom stereocenters. The second-order valence-electron chi connectivity index (χ2n) is 7.55. The number of aromatic nitrogens is 5. The molecule has 0 aliphatic carbocycles. The zero-order valence-electron chi connectivity index (χ0n) is 16.9. The highest BCUT2D eigenvalue weighted by atomic mass is 19.1. The molecule has 2 aromatic heterocycles. The number of hydrogen-bond acceptors (Lipinski definition) is 7. The molecule has 3 aromatic rings. The van der Waals surface area contributed by atoms with Gasteiger partial charge in [0.1, 0.15) is 11.6 Å². The highest BCUT2D eigenvalue weighted by molar-refractivity contribution is 5.77. The molecule has 0 N–H and O–H groups in total. The number of halogens is 1. The Bertz CT molecular complexity index is 992. The van der Waals surface area contributed by atoms with Gasteiger partial charge in [0, 0.05) is 19.0 Å². The van der Waals surface area contributed by atoms with E-state index in [0.29, 0.717) is 36.2 Å². The number of benzene rings is 1. The van der Waals surface area contributed by atoms with Gasteiger partial charge in [-0.2, -0.15) is 4.98 Å². The molecule has 10 heteroatoms. The lowest BCUT2D eigenvalue weighted by Gasteiger charge is -2.31. The minimum Gasteiger partial charge on any atom is -0.484 e. The Kier molecular flexibility index (Phi) is 5.73. The molecule has 0 bridgehead atoms. The molecule has 1 fully saturated rings. The highest BCUT2D eigenvalue weighted by Crippen LogP contribution is 2.24. The predicted octanol–water partition coefficient (Wildman–Crippen LogP) is 2.83. The van der Waals surface area contributed by atoms with E-state index in [4.69, 9.17) is 9.26 Å². The lowest BCUT2D eigenvalue weighted by atomic mass is 10.1. The third-order valence-corrected chi connectivity index (χ3v) is 5.05. The molecule has 1 amide bonds. The van der Waals surface area contributed by atoms with Crippen LogP contribution < -0.4 is 4.74 Å². The second-order valence-corrected chi connectivity index (χ2v) is 7.55. The van der Waals surface area contributed by atoms with Crippen molar-refractivity contribution in [3.63, 3.8) is 0 Å². The minimum atomic E-state index is -0.341. The van der Waals surface area contributed by atoms with E-state index in [0.717, 1.165) is 12.8 Å². The van der Waals surface area contributed by atoms with Crippen LogP contribution in [0, 0.1) is 5.82 Å². The van der Waals surface area contributed by atoms with E-state index in [1.54, 1.807) is 15.8 Å². The van der Waals surface area contributed by atoms with Crippen LogP contribution in [0.5, 0.6) is 5.75 Å². The van der Waals surface area contributed by atoms with E-state index in [1.165, 1.54) is 24.3 Å². The van der Waals surface area contributed by atoms with Gasteiger partial charge >= 0.3 is 0 Å². The number of hydrogen-bond donors (Lipinski definition) is 0. The summed E-state index contributed by atoms with van der Waals surface area (Å²) in [5.41, 5.74) is 0.542. The number of rotatable bonds is 6. The predicted molar refractivity (Wildman–Crippen MR) is 104 cm³/mol. The van der Waals surface area contributed by atoms with Crippen LogP contribution in [-0.4, -0.2) is 55.6 Å². The van der Waals surface area contributed by atoms with Crippen LogP contribution in [0.1, 0.15) is 44.5 Å². The SMILES string of the molecule is CC(C)c1noc(-c2cn(C3CCN(C(=O)COc4ccc(F)cc4)CC3)nn2)n1. The lowest BCUT2D eigenvalue weighted by molar-refractivity contribution is -0.134. The first-order valence-corrected chi connectivity index (χ1v) is 9.91. The molecule has 30 heavy (non-hydrogen) atoms. The Balaban J connectivity index is 1.29. The molecule has 3 heterocycles. The first-order chi connectivity index (χ1) is 14.5. The number of ether oxygens (including phenoxy) is 1. The molecule has 0 spiro atoms. The summed E-state index contributed by atoms with van der Waals surface area (Å²) in [6, 6.07) is 5.75. The zero-order chi connectivity index (χ0) is 21.1. The molecule has 9 nitrogen and oxygen atoms in total. The maximum atomic E-state index is 12.9. The standard InChI is InChI=1S/C20H23FN6O3/c1-13(2)19-22-20(30-24-19)17-11-27(25-23-17)15-7-9-26(10-8-15)18(28)12-29-16-5-3-14(21)4-6-16/h3-6,11,13,15H,7-10,12H2,1-2H3. The third kappa shape index (κ3) is 4.47. The van der Waals surface area contributed by atoms with Gasteiger partial charge in [-0.3, -0.25) is 4.79 Å². The monoisotopic (exact) mass is 414 g/mol. The minimum absolute atomic E-state index is 0.0703. The maximum Gasteiger partial charge on any atom is 0.280 e. The number of carbonyl (C=O) groups is 1. The highest BCUT2D eigenvalue weighted by Gasteiger charge is 2.25. The Morgan fingerprint density at radius 2 is 2.00 bits per heavy atom. The molecule has 1 saturated heterocycles. The van der Waals surface area contributed by atoms with Crippen LogP contribution in [0.3, 0.4) is 0 Å². The summed E-state index contributed by atoms with van der Waals surface area (Å²) < 4.78 is 25.4. The normalized spacial score (nSPS) is 15.0. The van der Waals surface area contributed by atoms with Gasteiger partial charge in [0.15, 0.2) is 18.1 Å². The Hall–Kier alpha value is -3.30. The van der Waals surface area contributed by atoms with Crippen LogP contribution in [0.2, 0.25) is 0 Å². The van der Waals surface area contributed by atoms with Crippen LogP contribution in [0.4, 0.5) is 4.39 Å². The summed E-state index contributed by atoms with van der Waals surface area (Å²) in [6.45, 7) is 5.11. The fourth-order valence-electron chi connectivity index (χ4n) is 3.27. The second kappa shape index (κ2) is 8.60. The Morgan fingerprint density at radius 3 is 2.67 bits per heavy atom.